The molecule has 0 saturated carbocycles. The maximum absolute atomic E-state index is 13.7. The summed E-state index contributed by atoms with van der Waals surface area (Å²) in [4.78, 5) is 27.4. The molecule has 0 aliphatic heterocycles. The van der Waals surface area contributed by atoms with Gasteiger partial charge in [0, 0.05) is 6.92 Å². The number of aromatic nitrogens is 1. The summed E-state index contributed by atoms with van der Waals surface area (Å²) in [5, 5.41) is 3.48. The average Bonchev–Trinajstić information content (AvgIpc) is 2.92. The van der Waals surface area contributed by atoms with E-state index >= 15 is 0 Å². The smallest absolute Gasteiger partial charge is 0.442 e. The Hall–Kier alpha value is -2.36. The van der Waals surface area contributed by atoms with Crippen LogP contribution in [0.5, 0.6) is 0 Å². The molecule has 0 spiro atoms. The molecule has 1 amide bonds. The molecule has 2 N–H and O–H groups in total. The third-order valence-corrected chi connectivity index (χ3v) is 4.59. The predicted octanol–water partition coefficient (Wildman–Crippen LogP) is 3.40. The number of hydrogen-bond donors (Lipinski definition) is 2. The largest absolute Gasteiger partial charge is 0.466 e. The van der Waals surface area contributed by atoms with Gasteiger partial charge in [0.2, 0.25) is 5.91 Å². The highest BCUT2D eigenvalue weighted by Crippen LogP contribution is 2.36. The Morgan fingerprint density at radius 3 is 2.42 bits per heavy atom. The fourth-order valence-corrected chi connectivity index (χ4v) is 3.29. The molecule has 10 heteroatoms. The average molecular weight is 389 g/mol. The standard InChI is InChI=1S/C16H18F3N3O3S/c1-8(2)10-5-6-11-12(7-10)26-14(20-11)22-15(13(24)25-4,16(17,18)19)21-9(3)23/h5-8H,1-4H3,(H,20,22)(H,21,23). The van der Waals surface area contributed by atoms with Crippen molar-refractivity contribution in [1.82, 2.24) is 10.3 Å². The zero-order chi connectivity index (χ0) is 19.7. The lowest BCUT2D eigenvalue weighted by atomic mass is 10.0. The molecule has 1 unspecified atom stereocenters. The van der Waals surface area contributed by atoms with E-state index in [1.807, 2.05) is 31.3 Å². The first-order valence-corrected chi connectivity index (χ1v) is 8.44. The van der Waals surface area contributed by atoms with E-state index in [0.717, 1.165) is 30.9 Å². The molecule has 1 aromatic carbocycles. The number of thiazole rings is 1. The molecule has 1 heterocycles. The van der Waals surface area contributed by atoms with E-state index < -0.39 is 23.7 Å². The zero-order valence-corrected chi connectivity index (χ0v) is 15.3. The second kappa shape index (κ2) is 7.10. The van der Waals surface area contributed by atoms with Gasteiger partial charge >= 0.3 is 17.8 Å². The van der Waals surface area contributed by atoms with Gasteiger partial charge in [-0.15, -0.1) is 0 Å². The van der Waals surface area contributed by atoms with Crippen molar-refractivity contribution < 1.29 is 27.5 Å². The highest BCUT2D eigenvalue weighted by molar-refractivity contribution is 7.22. The van der Waals surface area contributed by atoms with Gasteiger partial charge < -0.3 is 15.4 Å². The lowest BCUT2D eigenvalue weighted by molar-refractivity contribution is -0.206. The quantitative estimate of drug-likeness (QED) is 0.605. The molecule has 0 fully saturated rings. The number of carbonyl (C=O) groups excluding carboxylic acids is 2. The first-order chi connectivity index (χ1) is 12.0. The van der Waals surface area contributed by atoms with Gasteiger partial charge in [-0.05, 0) is 23.6 Å². The van der Waals surface area contributed by atoms with E-state index in [4.69, 9.17) is 0 Å². The molecule has 6 nitrogen and oxygen atoms in total. The van der Waals surface area contributed by atoms with Crippen molar-refractivity contribution in [1.29, 1.82) is 0 Å². The summed E-state index contributed by atoms with van der Waals surface area (Å²) >= 11 is 0.946. The van der Waals surface area contributed by atoms with Gasteiger partial charge in [-0.3, -0.25) is 4.79 Å². The van der Waals surface area contributed by atoms with Gasteiger partial charge in [-0.2, -0.15) is 13.2 Å². The fraction of sp³-hybridized carbons (Fsp3) is 0.438. The number of amides is 1. The molecule has 1 aromatic heterocycles. The van der Waals surface area contributed by atoms with Crippen LogP contribution >= 0.6 is 11.3 Å². The van der Waals surface area contributed by atoms with Crippen molar-refractivity contribution in [3.8, 4) is 0 Å². The molecule has 0 saturated heterocycles. The number of hydrogen-bond acceptors (Lipinski definition) is 6. The summed E-state index contributed by atoms with van der Waals surface area (Å²) in [5.74, 6) is -2.51. The third-order valence-electron chi connectivity index (χ3n) is 3.65. The summed E-state index contributed by atoms with van der Waals surface area (Å²) in [6, 6.07) is 5.36. The Labute approximate surface area is 151 Å². The van der Waals surface area contributed by atoms with Crippen molar-refractivity contribution in [2.24, 2.45) is 0 Å². The van der Waals surface area contributed by atoms with E-state index in [9.17, 15) is 22.8 Å². The van der Waals surface area contributed by atoms with Crippen molar-refractivity contribution in [2.75, 3.05) is 12.4 Å². The topological polar surface area (TPSA) is 80.3 Å². The summed E-state index contributed by atoms with van der Waals surface area (Å²) < 4.78 is 46.0. The van der Waals surface area contributed by atoms with Crippen molar-refractivity contribution >= 4 is 38.6 Å². The predicted molar refractivity (Wildman–Crippen MR) is 92.0 cm³/mol. The van der Waals surface area contributed by atoms with Gasteiger partial charge in [-0.1, -0.05) is 31.3 Å². The summed E-state index contributed by atoms with van der Waals surface area (Å²) in [6.45, 7) is 4.85. The Kier molecular flexibility index (Phi) is 5.45. The number of anilines is 1. The first-order valence-electron chi connectivity index (χ1n) is 7.62. The van der Waals surface area contributed by atoms with Gasteiger partial charge in [0.1, 0.15) is 0 Å². The van der Waals surface area contributed by atoms with Crippen LogP contribution in [0.25, 0.3) is 10.2 Å². The van der Waals surface area contributed by atoms with E-state index in [1.54, 1.807) is 11.4 Å². The number of fused-ring (bicyclic) bond motifs is 1. The Balaban J connectivity index is 2.52. The van der Waals surface area contributed by atoms with E-state index in [2.05, 4.69) is 9.72 Å². The van der Waals surface area contributed by atoms with Gasteiger partial charge in [0.25, 0.3) is 0 Å². The normalized spacial score (nSPS) is 14.2. The van der Waals surface area contributed by atoms with Crippen LogP contribution in [0.15, 0.2) is 18.2 Å². The number of rotatable bonds is 5. The highest BCUT2D eigenvalue weighted by atomic mass is 32.1. The fourth-order valence-electron chi connectivity index (χ4n) is 2.32. The van der Waals surface area contributed by atoms with Crippen molar-refractivity contribution in [2.45, 2.75) is 38.5 Å². The molecular formula is C16H18F3N3O3S. The van der Waals surface area contributed by atoms with Crippen molar-refractivity contribution in [3.05, 3.63) is 23.8 Å². The van der Waals surface area contributed by atoms with Crippen LogP contribution in [0.3, 0.4) is 0 Å². The van der Waals surface area contributed by atoms with Gasteiger partial charge in [0.05, 0.1) is 17.3 Å². The number of methoxy groups -OCH3 is 1. The maximum atomic E-state index is 13.7. The molecule has 0 radical (unpaired) electrons. The van der Waals surface area contributed by atoms with E-state index in [1.165, 1.54) is 0 Å². The molecule has 26 heavy (non-hydrogen) atoms. The molecule has 0 aliphatic rings. The van der Waals surface area contributed by atoms with Gasteiger partial charge in [0.15, 0.2) is 5.13 Å². The van der Waals surface area contributed by atoms with Crippen LogP contribution < -0.4 is 10.6 Å². The Morgan fingerprint density at radius 1 is 1.27 bits per heavy atom. The minimum absolute atomic E-state index is 0.169. The van der Waals surface area contributed by atoms with Crippen LogP contribution in [0, 0.1) is 0 Å². The van der Waals surface area contributed by atoms with Crippen LogP contribution in [0.1, 0.15) is 32.3 Å². The summed E-state index contributed by atoms with van der Waals surface area (Å²) in [6.07, 6.45) is -5.16. The molecule has 142 valence electrons. The Bertz CT molecular complexity index is 835. The van der Waals surface area contributed by atoms with E-state index in [0.29, 0.717) is 10.2 Å². The van der Waals surface area contributed by atoms with E-state index in [-0.39, 0.29) is 11.0 Å². The number of nitrogens with one attached hydrogen (secondary N) is 2. The SMILES string of the molecule is COC(=O)C(NC(C)=O)(Nc1nc2ccc(C(C)C)cc2s1)C(F)(F)F. The Morgan fingerprint density at radius 2 is 1.92 bits per heavy atom. The maximum Gasteiger partial charge on any atom is 0.442 e. The zero-order valence-electron chi connectivity index (χ0n) is 14.5. The number of carbonyl (C=O) groups is 2. The van der Waals surface area contributed by atoms with Crippen LogP contribution in [0.2, 0.25) is 0 Å². The first kappa shape index (κ1) is 20.0. The lowest BCUT2D eigenvalue weighted by Gasteiger charge is -2.33. The number of esters is 1. The monoisotopic (exact) mass is 389 g/mol. The summed E-state index contributed by atoms with van der Waals surface area (Å²) in [7, 11) is 0.805. The molecular weight excluding hydrogens is 371 g/mol. The van der Waals surface area contributed by atoms with Crippen LogP contribution in [-0.2, 0) is 14.3 Å². The molecule has 0 bridgehead atoms. The minimum Gasteiger partial charge on any atom is -0.466 e. The number of benzene rings is 1. The van der Waals surface area contributed by atoms with Gasteiger partial charge in [-0.25, -0.2) is 9.78 Å². The van der Waals surface area contributed by atoms with Crippen LogP contribution in [0.4, 0.5) is 18.3 Å². The second-order valence-corrected chi connectivity index (χ2v) is 6.98. The number of halogens is 3. The van der Waals surface area contributed by atoms with Crippen LogP contribution in [-0.4, -0.2) is 35.8 Å². The minimum atomic E-state index is -5.16. The van der Waals surface area contributed by atoms with Crippen molar-refractivity contribution in [3.63, 3.8) is 0 Å². The molecule has 1 atom stereocenters. The third kappa shape index (κ3) is 3.74. The lowest BCUT2D eigenvalue weighted by Crippen LogP contribution is -2.69. The summed E-state index contributed by atoms with van der Waals surface area (Å²) in [5.41, 5.74) is -1.95. The highest BCUT2D eigenvalue weighted by Gasteiger charge is 2.63. The molecule has 2 aromatic rings. The number of ether oxygens (including phenoxy) is 1. The molecule has 0 aliphatic carbocycles. The second-order valence-electron chi connectivity index (χ2n) is 5.95. The number of nitrogens with zero attached hydrogens (tertiary/aromatic N) is 1. The number of alkyl halides is 3. The molecule has 2 rings (SSSR count).